The zero-order valence-electron chi connectivity index (χ0n) is 17.0. The predicted octanol–water partition coefficient (Wildman–Crippen LogP) is 3.27. The van der Waals surface area contributed by atoms with Crippen LogP contribution in [0, 0.1) is 0 Å². The summed E-state index contributed by atoms with van der Waals surface area (Å²) < 4.78 is 17.7. The van der Waals surface area contributed by atoms with Gasteiger partial charge in [0.05, 0.1) is 5.69 Å². The first-order valence-corrected chi connectivity index (χ1v) is 10.7. The van der Waals surface area contributed by atoms with Crippen LogP contribution >= 0.6 is 11.3 Å². The van der Waals surface area contributed by atoms with Crippen LogP contribution in [0.4, 0.5) is 5.69 Å². The molecule has 0 spiro atoms. The normalized spacial score (nSPS) is 12.2. The zero-order chi connectivity index (χ0) is 22.1. The lowest BCUT2D eigenvalue weighted by atomic mass is 10.2. The number of amides is 1. The number of nitrogens with one attached hydrogen (secondary N) is 1. The van der Waals surface area contributed by atoms with Crippen LogP contribution in [0.3, 0.4) is 0 Å². The smallest absolute Gasteiger partial charge is 0.275 e. The molecule has 0 atom stereocenters. The lowest BCUT2D eigenvalue weighted by Gasteiger charge is -2.09. The van der Waals surface area contributed by atoms with Crippen molar-refractivity contribution in [2.75, 3.05) is 12.1 Å². The highest BCUT2D eigenvalue weighted by atomic mass is 32.1. The zero-order valence-corrected chi connectivity index (χ0v) is 17.8. The van der Waals surface area contributed by atoms with Gasteiger partial charge in [-0.3, -0.25) is 9.59 Å². The van der Waals surface area contributed by atoms with Crippen LogP contribution in [-0.2, 0) is 13.0 Å². The van der Waals surface area contributed by atoms with E-state index in [0.717, 1.165) is 11.4 Å². The van der Waals surface area contributed by atoms with Gasteiger partial charge in [0, 0.05) is 23.4 Å². The number of benzene rings is 2. The highest BCUT2D eigenvalue weighted by Gasteiger charge is 2.16. The number of rotatable bonds is 6. The Hall–Kier alpha value is -3.92. The number of hydrogen-bond donors (Lipinski definition) is 1. The molecule has 5 rings (SSSR count). The minimum absolute atomic E-state index is 0.116. The monoisotopic (exact) mass is 450 g/mol. The van der Waals surface area contributed by atoms with Gasteiger partial charge in [-0.15, -0.1) is 0 Å². The first-order valence-electron chi connectivity index (χ1n) is 9.91. The van der Waals surface area contributed by atoms with Crippen LogP contribution in [-0.4, -0.2) is 27.3 Å². The molecule has 2 aromatic carbocycles. The Morgan fingerprint density at radius 3 is 2.94 bits per heavy atom. The maximum absolute atomic E-state index is 12.6. The van der Waals surface area contributed by atoms with Gasteiger partial charge in [-0.05, 0) is 36.8 Å². The molecule has 10 heteroatoms. The third kappa shape index (κ3) is 4.00. The van der Waals surface area contributed by atoms with E-state index in [1.54, 1.807) is 42.5 Å². The summed E-state index contributed by atoms with van der Waals surface area (Å²) in [5, 5.41) is 7.92. The molecule has 1 aliphatic rings. The molecule has 0 saturated carbocycles. The fourth-order valence-corrected chi connectivity index (χ4v) is 4.03. The Labute approximate surface area is 186 Å². The molecular weight excluding hydrogens is 432 g/mol. The van der Waals surface area contributed by atoms with Gasteiger partial charge in [0.25, 0.3) is 11.5 Å². The molecule has 1 amide bonds. The second-order valence-corrected chi connectivity index (χ2v) is 8.01. The molecule has 0 unspecified atom stereocenters. The summed E-state index contributed by atoms with van der Waals surface area (Å²) in [5.41, 5.74) is 1.30. The highest BCUT2D eigenvalue weighted by molar-refractivity contribution is 7.16. The lowest BCUT2D eigenvalue weighted by molar-refractivity contribution is 0.102. The molecule has 9 nitrogen and oxygen atoms in total. The lowest BCUT2D eigenvalue weighted by Crippen LogP contribution is -2.16. The van der Waals surface area contributed by atoms with Crippen molar-refractivity contribution in [1.29, 1.82) is 0 Å². The van der Waals surface area contributed by atoms with E-state index in [0.29, 0.717) is 39.2 Å². The quantitative estimate of drug-likeness (QED) is 0.481. The van der Waals surface area contributed by atoms with E-state index in [1.165, 1.54) is 21.9 Å². The van der Waals surface area contributed by atoms with Crippen molar-refractivity contribution in [3.8, 4) is 17.2 Å². The fraction of sp³-hybridized carbons (Fsp3) is 0.182. The molecule has 2 aromatic heterocycles. The molecule has 162 valence electrons. The van der Waals surface area contributed by atoms with Crippen molar-refractivity contribution in [3.63, 3.8) is 0 Å². The van der Waals surface area contributed by atoms with Gasteiger partial charge >= 0.3 is 0 Å². The number of nitrogens with zero attached hydrogens (tertiary/aromatic N) is 3. The van der Waals surface area contributed by atoms with E-state index in [4.69, 9.17) is 14.2 Å². The van der Waals surface area contributed by atoms with Gasteiger partial charge in [-0.25, -0.2) is 4.98 Å². The Bertz CT molecular complexity index is 1380. The summed E-state index contributed by atoms with van der Waals surface area (Å²) in [6.45, 7) is 2.24. The highest BCUT2D eigenvalue weighted by Crippen LogP contribution is 2.32. The van der Waals surface area contributed by atoms with Crippen molar-refractivity contribution >= 4 is 27.9 Å². The van der Waals surface area contributed by atoms with Crippen molar-refractivity contribution < 1.29 is 19.0 Å². The van der Waals surface area contributed by atoms with Gasteiger partial charge < -0.3 is 19.5 Å². The first-order chi connectivity index (χ1) is 15.6. The summed E-state index contributed by atoms with van der Waals surface area (Å²) in [6, 6.07) is 13.4. The average molecular weight is 450 g/mol. The maximum atomic E-state index is 12.6. The van der Waals surface area contributed by atoms with Crippen molar-refractivity contribution in [2.24, 2.45) is 0 Å². The standard InChI is InChI=1S/C22H18N4O5S/c1-2-19-25-26-20(27)10-15(24-22(26)32-19)11-29-16-5-3-4-14(9-16)23-21(28)13-6-7-17-18(8-13)31-12-30-17/h3-10H,2,11-12H2,1H3,(H,23,28). The van der Waals surface area contributed by atoms with E-state index in [-0.39, 0.29) is 24.9 Å². The Morgan fingerprint density at radius 1 is 1.19 bits per heavy atom. The molecule has 0 saturated heterocycles. The molecule has 0 radical (unpaired) electrons. The maximum Gasteiger partial charge on any atom is 0.275 e. The van der Waals surface area contributed by atoms with E-state index in [9.17, 15) is 9.59 Å². The van der Waals surface area contributed by atoms with Crippen molar-refractivity contribution in [2.45, 2.75) is 20.0 Å². The molecule has 0 fully saturated rings. The number of carbonyl (C=O) groups excluding carboxylic acids is 1. The average Bonchev–Trinajstić information content (AvgIpc) is 3.44. The van der Waals surface area contributed by atoms with Crippen molar-refractivity contribution in [3.05, 3.63) is 75.1 Å². The van der Waals surface area contributed by atoms with Crippen molar-refractivity contribution in [1.82, 2.24) is 14.6 Å². The minimum Gasteiger partial charge on any atom is -0.487 e. The number of aryl methyl sites for hydroxylation is 1. The number of aromatic nitrogens is 3. The molecule has 0 aliphatic carbocycles. The van der Waals surface area contributed by atoms with Crippen LogP contribution in [0.25, 0.3) is 4.96 Å². The first kappa shape index (κ1) is 20.0. The Kier molecular flexibility index (Phi) is 5.20. The molecule has 32 heavy (non-hydrogen) atoms. The van der Waals surface area contributed by atoms with Crippen LogP contribution in [0.15, 0.2) is 53.3 Å². The summed E-state index contributed by atoms with van der Waals surface area (Å²) in [6.07, 6.45) is 0.740. The molecule has 1 N–H and O–H groups in total. The van der Waals surface area contributed by atoms with Crippen LogP contribution in [0.2, 0.25) is 0 Å². The molecule has 0 bridgehead atoms. The van der Waals surface area contributed by atoms with Gasteiger partial charge in [-0.2, -0.15) is 9.61 Å². The largest absolute Gasteiger partial charge is 0.487 e. The fourth-order valence-electron chi connectivity index (χ4n) is 3.17. The third-order valence-corrected chi connectivity index (χ3v) is 5.81. The summed E-state index contributed by atoms with van der Waals surface area (Å²) >= 11 is 1.38. The summed E-state index contributed by atoms with van der Waals surface area (Å²) in [4.78, 5) is 29.9. The van der Waals surface area contributed by atoms with Crippen LogP contribution in [0.1, 0.15) is 28.0 Å². The van der Waals surface area contributed by atoms with Crippen LogP contribution in [0.5, 0.6) is 17.2 Å². The second-order valence-electron chi connectivity index (χ2n) is 6.97. The van der Waals surface area contributed by atoms with Gasteiger partial charge in [0.2, 0.25) is 11.8 Å². The minimum atomic E-state index is -0.280. The Morgan fingerprint density at radius 2 is 2.06 bits per heavy atom. The topological polar surface area (TPSA) is 104 Å². The number of ether oxygens (including phenoxy) is 3. The molecule has 1 aliphatic heterocycles. The number of anilines is 1. The molecular formula is C22H18N4O5S. The third-order valence-electron chi connectivity index (χ3n) is 4.76. The second kappa shape index (κ2) is 8.31. The number of carbonyl (C=O) groups is 1. The van der Waals surface area contributed by atoms with E-state index in [1.807, 2.05) is 6.92 Å². The summed E-state index contributed by atoms with van der Waals surface area (Å²) in [5.74, 6) is 1.42. The molecule has 4 aromatic rings. The SMILES string of the molecule is CCc1nn2c(=O)cc(COc3cccc(NC(=O)c4ccc5c(c4)OCO5)c3)nc2s1. The van der Waals surface area contributed by atoms with Gasteiger partial charge in [-0.1, -0.05) is 24.3 Å². The summed E-state index contributed by atoms with van der Waals surface area (Å²) in [7, 11) is 0. The van der Waals surface area contributed by atoms with E-state index < -0.39 is 0 Å². The van der Waals surface area contributed by atoms with Gasteiger partial charge in [0.15, 0.2) is 11.5 Å². The van der Waals surface area contributed by atoms with E-state index in [2.05, 4.69) is 15.4 Å². The van der Waals surface area contributed by atoms with Crippen LogP contribution < -0.4 is 25.1 Å². The number of hydrogen-bond acceptors (Lipinski definition) is 8. The van der Waals surface area contributed by atoms with Gasteiger partial charge in [0.1, 0.15) is 17.4 Å². The predicted molar refractivity (Wildman–Crippen MR) is 118 cm³/mol. The molecule has 3 heterocycles. The Balaban J connectivity index is 1.27. The van der Waals surface area contributed by atoms with E-state index >= 15 is 0 Å². The number of fused-ring (bicyclic) bond motifs is 2.